The van der Waals surface area contributed by atoms with Gasteiger partial charge in [-0.05, 0) is 56.1 Å². The molecule has 0 aromatic heterocycles. The first-order chi connectivity index (χ1) is 7.24. The minimum absolute atomic E-state index is 0.815. The van der Waals surface area contributed by atoms with E-state index in [1.165, 1.54) is 43.6 Å². The molecule has 1 rings (SSSR count). The molecule has 0 bridgehead atoms. The van der Waals surface area contributed by atoms with Crippen LogP contribution in [-0.4, -0.2) is 24.6 Å². The Morgan fingerprint density at radius 3 is 2.73 bits per heavy atom. The molecule has 2 atom stereocenters. The van der Waals surface area contributed by atoms with Crippen molar-refractivity contribution in [3.05, 3.63) is 0 Å². The zero-order valence-corrected chi connectivity index (χ0v) is 11.4. The fourth-order valence-corrected chi connectivity index (χ4v) is 3.73. The standard InChI is InChI=1S/C13H27NS/c1-11(2)7-9-15-10-8-12-5-4-6-13(12)14-3/h11-14H,4-10H2,1-3H3. The van der Waals surface area contributed by atoms with E-state index in [2.05, 4.69) is 38.0 Å². The molecule has 0 saturated heterocycles. The molecule has 90 valence electrons. The van der Waals surface area contributed by atoms with Gasteiger partial charge in [0.25, 0.3) is 0 Å². The first-order valence-corrected chi connectivity index (χ1v) is 7.64. The van der Waals surface area contributed by atoms with Gasteiger partial charge in [0.05, 0.1) is 0 Å². The average molecular weight is 229 g/mol. The quantitative estimate of drug-likeness (QED) is 0.670. The van der Waals surface area contributed by atoms with Crippen LogP contribution in [0.5, 0.6) is 0 Å². The molecule has 1 N–H and O–H groups in total. The Hall–Kier alpha value is 0.310. The molecule has 0 amide bonds. The summed E-state index contributed by atoms with van der Waals surface area (Å²) >= 11 is 2.15. The molecule has 0 aromatic rings. The number of rotatable bonds is 7. The summed E-state index contributed by atoms with van der Waals surface area (Å²) in [7, 11) is 2.12. The van der Waals surface area contributed by atoms with Crippen LogP contribution in [0, 0.1) is 11.8 Å². The lowest BCUT2D eigenvalue weighted by Gasteiger charge is -2.18. The Labute approximate surface area is 99.8 Å². The fourth-order valence-electron chi connectivity index (χ4n) is 2.42. The minimum Gasteiger partial charge on any atom is -0.317 e. The van der Waals surface area contributed by atoms with E-state index in [-0.39, 0.29) is 0 Å². The van der Waals surface area contributed by atoms with Crippen molar-refractivity contribution in [2.75, 3.05) is 18.6 Å². The first kappa shape index (κ1) is 13.4. The number of nitrogens with one attached hydrogen (secondary N) is 1. The molecule has 1 aliphatic carbocycles. The second-order valence-corrected chi connectivity index (χ2v) is 6.39. The van der Waals surface area contributed by atoms with Gasteiger partial charge in [-0.1, -0.05) is 20.3 Å². The van der Waals surface area contributed by atoms with E-state index in [1.54, 1.807) is 0 Å². The third-order valence-electron chi connectivity index (χ3n) is 3.50. The molecule has 0 heterocycles. The average Bonchev–Trinajstić information content (AvgIpc) is 2.64. The highest BCUT2D eigenvalue weighted by Gasteiger charge is 2.24. The fraction of sp³-hybridized carbons (Fsp3) is 1.00. The van der Waals surface area contributed by atoms with Crippen molar-refractivity contribution in [1.29, 1.82) is 0 Å². The van der Waals surface area contributed by atoms with E-state index < -0.39 is 0 Å². The Morgan fingerprint density at radius 2 is 2.07 bits per heavy atom. The van der Waals surface area contributed by atoms with Crippen LogP contribution in [0.1, 0.15) is 46.0 Å². The van der Waals surface area contributed by atoms with Crippen molar-refractivity contribution in [2.45, 2.75) is 52.0 Å². The van der Waals surface area contributed by atoms with E-state index in [4.69, 9.17) is 0 Å². The summed E-state index contributed by atoms with van der Waals surface area (Å²) in [6, 6.07) is 0.815. The van der Waals surface area contributed by atoms with Crippen LogP contribution >= 0.6 is 11.8 Å². The highest BCUT2D eigenvalue weighted by molar-refractivity contribution is 7.99. The number of hydrogen-bond donors (Lipinski definition) is 1. The van der Waals surface area contributed by atoms with Crippen molar-refractivity contribution in [3.63, 3.8) is 0 Å². The first-order valence-electron chi connectivity index (χ1n) is 6.49. The van der Waals surface area contributed by atoms with Crippen molar-refractivity contribution < 1.29 is 0 Å². The molecule has 0 spiro atoms. The van der Waals surface area contributed by atoms with Crippen LogP contribution in [0.3, 0.4) is 0 Å². The highest BCUT2D eigenvalue weighted by atomic mass is 32.2. The number of thioether (sulfide) groups is 1. The van der Waals surface area contributed by atoms with Crippen LogP contribution < -0.4 is 5.32 Å². The molecule has 1 aliphatic rings. The van der Waals surface area contributed by atoms with Gasteiger partial charge in [0.15, 0.2) is 0 Å². The highest BCUT2D eigenvalue weighted by Crippen LogP contribution is 2.29. The van der Waals surface area contributed by atoms with E-state index in [0.717, 1.165) is 17.9 Å². The Balaban J connectivity index is 1.99. The summed E-state index contributed by atoms with van der Waals surface area (Å²) in [5, 5.41) is 3.46. The molecule has 0 radical (unpaired) electrons. The lowest BCUT2D eigenvalue weighted by atomic mass is 10.0. The molecule has 0 aromatic carbocycles. The summed E-state index contributed by atoms with van der Waals surface area (Å²) < 4.78 is 0. The van der Waals surface area contributed by atoms with Crippen LogP contribution in [-0.2, 0) is 0 Å². The van der Waals surface area contributed by atoms with Gasteiger partial charge in [-0.15, -0.1) is 0 Å². The third-order valence-corrected chi connectivity index (χ3v) is 4.55. The molecular formula is C13H27NS. The SMILES string of the molecule is CNC1CCCC1CCSCCC(C)C. The van der Waals surface area contributed by atoms with Gasteiger partial charge in [-0.25, -0.2) is 0 Å². The Morgan fingerprint density at radius 1 is 1.27 bits per heavy atom. The van der Waals surface area contributed by atoms with Crippen LogP contribution in [0.25, 0.3) is 0 Å². The minimum atomic E-state index is 0.815. The van der Waals surface area contributed by atoms with Crippen molar-refractivity contribution in [3.8, 4) is 0 Å². The van der Waals surface area contributed by atoms with E-state index in [9.17, 15) is 0 Å². The van der Waals surface area contributed by atoms with Crippen LogP contribution in [0.2, 0.25) is 0 Å². The molecule has 0 aliphatic heterocycles. The molecule has 2 heteroatoms. The van der Waals surface area contributed by atoms with Gasteiger partial charge in [0.1, 0.15) is 0 Å². The molecular weight excluding hydrogens is 202 g/mol. The maximum Gasteiger partial charge on any atom is 0.00926 e. The summed E-state index contributed by atoms with van der Waals surface area (Å²) in [6.45, 7) is 4.63. The second kappa shape index (κ2) is 7.56. The smallest absolute Gasteiger partial charge is 0.00926 e. The molecule has 1 fully saturated rings. The third kappa shape index (κ3) is 5.26. The molecule has 1 saturated carbocycles. The monoisotopic (exact) mass is 229 g/mol. The summed E-state index contributed by atoms with van der Waals surface area (Å²) in [6.07, 6.45) is 7.10. The maximum absolute atomic E-state index is 3.46. The van der Waals surface area contributed by atoms with Crippen molar-refractivity contribution in [1.82, 2.24) is 5.32 Å². The van der Waals surface area contributed by atoms with Gasteiger partial charge >= 0.3 is 0 Å². The van der Waals surface area contributed by atoms with Gasteiger partial charge in [-0.3, -0.25) is 0 Å². The molecule has 2 unspecified atom stereocenters. The van der Waals surface area contributed by atoms with Crippen molar-refractivity contribution >= 4 is 11.8 Å². The van der Waals surface area contributed by atoms with Gasteiger partial charge in [-0.2, -0.15) is 11.8 Å². The van der Waals surface area contributed by atoms with E-state index >= 15 is 0 Å². The van der Waals surface area contributed by atoms with Gasteiger partial charge in [0, 0.05) is 6.04 Å². The second-order valence-electron chi connectivity index (χ2n) is 5.17. The lowest BCUT2D eigenvalue weighted by Crippen LogP contribution is -2.29. The zero-order valence-electron chi connectivity index (χ0n) is 10.6. The maximum atomic E-state index is 3.46. The van der Waals surface area contributed by atoms with Crippen LogP contribution in [0.15, 0.2) is 0 Å². The lowest BCUT2D eigenvalue weighted by molar-refractivity contribution is 0.417. The predicted molar refractivity (Wildman–Crippen MR) is 71.6 cm³/mol. The summed E-state index contributed by atoms with van der Waals surface area (Å²) in [5.41, 5.74) is 0. The van der Waals surface area contributed by atoms with E-state index in [1.807, 2.05) is 0 Å². The van der Waals surface area contributed by atoms with Crippen molar-refractivity contribution in [2.24, 2.45) is 11.8 Å². The largest absolute Gasteiger partial charge is 0.317 e. The van der Waals surface area contributed by atoms with Gasteiger partial charge in [0.2, 0.25) is 0 Å². The predicted octanol–water partition coefficient (Wildman–Crippen LogP) is 3.54. The molecule has 15 heavy (non-hydrogen) atoms. The number of hydrogen-bond acceptors (Lipinski definition) is 2. The summed E-state index contributed by atoms with van der Waals surface area (Å²) in [4.78, 5) is 0. The Bertz CT molecular complexity index is 159. The topological polar surface area (TPSA) is 12.0 Å². The Kier molecular flexibility index (Phi) is 6.74. The van der Waals surface area contributed by atoms with Gasteiger partial charge < -0.3 is 5.32 Å². The van der Waals surface area contributed by atoms with Crippen LogP contribution in [0.4, 0.5) is 0 Å². The van der Waals surface area contributed by atoms with E-state index in [0.29, 0.717) is 0 Å². The molecule has 1 nitrogen and oxygen atoms in total. The summed E-state index contributed by atoms with van der Waals surface area (Å²) in [5.74, 6) is 4.56. The normalized spacial score (nSPS) is 26.4. The zero-order chi connectivity index (χ0) is 11.1.